The second-order valence-electron chi connectivity index (χ2n) is 4.02. The van der Waals surface area contributed by atoms with Gasteiger partial charge in [0.25, 0.3) is 0 Å². The second-order valence-corrected chi connectivity index (χ2v) is 4.02. The van der Waals surface area contributed by atoms with Gasteiger partial charge in [0.2, 0.25) is 0 Å². The number of anilines is 1. The summed E-state index contributed by atoms with van der Waals surface area (Å²) < 4.78 is 33.7. The maximum absolute atomic E-state index is 12.2. The highest BCUT2D eigenvalue weighted by molar-refractivity contribution is 5.54. The van der Waals surface area contributed by atoms with Crippen molar-refractivity contribution in [2.45, 2.75) is 20.5 Å². The molecule has 1 aromatic carbocycles. The minimum absolute atomic E-state index is 0.0382. The molecule has 0 aliphatic heterocycles. The maximum atomic E-state index is 12.2. The first-order valence-electron chi connectivity index (χ1n) is 5.39. The molecule has 3 nitrogen and oxygen atoms in total. The number of rotatable bonds is 6. The van der Waals surface area contributed by atoms with Crippen LogP contribution in [0.15, 0.2) is 18.2 Å². The zero-order chi connectivity index (χ0) is 12.8. The summed E-state index contributed by atoms with van der Waals surface area (Å²) in [7, 11) is 1.41. The lowest BCUT2D eigenvalue weighted by Crippen LogP contribution is -2.09. The molecule has 0 spiro atoms. The zero-order valence-electron chi connectivity index (χ0n) is 10.2. The van der Waals surface area contributed by atoms with E-state index >= 15 is 0 Å². The van der Waals surface area contributed by atoms with E-state index in [2.05, 4.69) is 23.9 Å². The Kier molecular flexibility index (Phi) is 5.00. The third-order valence-corrected chi connectivity index (χ3v) is 2.09. The van der Waals surface area contributed by atoms with Crippen molar-refractivity contribution in [1.82, 2.24) is 0 Å². The summed E-state index contributed by atoms with van der Waals surface area (Å²) in [5.41, 5.74) is 0.732. The summed E-state index contributed by atoms with van der Waals surface area (Å²) in [4.78, 5) is 0. The first kappa shape index (κ1) is 13.5. The summed E-state index contributed by atoms with van der Waals surface area (Å²) >= 11 is 0. The fourth-order valence-electron chi connectivity index (χ4n) is 1.30. The largest absolute Gasteiger partial charge is 0.493 e. The molecule has 0 aromatic heterocycles. The van der Waals surface area contributed by atoms with Gasteiger partial charge in [-0.3, -0.25) is 0 Å². The Hall–Kier alpha value is -1.52. The number of nitrogens with one attached hydrogen (secondary N) is 1. The van der Waals surface area contributed by atoms with Crippen molar-refractivity contribution in [2.24, 2.45) is 5.92 Å². The Morgan fingerprint density at radius 3 is 2.47 bits per heavy atom. The lowest BCUT2D eigenvalue weighted by atomic mass is 10.2. The fraction of sp³-hybridized carbons (Fsp3) is 0.500. The first-order chi connectivity index (χ1) is 8.02. The molecule has 0 atom stereocenters. The summed E-state index contributed by atoms with van der Waals surface area (Å²) in [5, 5.41) is 3.13. The SMILES string of the molecule is COc1ccc(NCC(C)C)cc1OC(F)F. The van der Waals surface area contributed by atoms with E-state index in [-0.39, 0.29) is 5.75 Å². The van der Waals surface area contributed by atoms with Gasteiger partial charge in [-0.05, 0) is 18.1 Å². The molecule has 1 N–H and O–H groups in total. The number of methoxy groups -OCH3 is 1. The number of hydrogen-bond donors (Lipinski definition) is 1. The van der Waals surface area contributed by atoms with Crippen LogP contribution in [0.2, 0.25) is 0 Å². The number of alkyl halides is 2. The monoisotopic (exact) mass is 245 g/mol. The van der Waals surface area contributed by atoms with Crippen LogP contribution in [0.25, 0.3) is 0 Å². The van der Waals surface area contributed by atoms with Gasteiger partial charge >= 0.3 is 6.61 Å². The molecule has 0 heterocycles. The van der Waals surface area contributed by atoms with Gasteiger partial charge in [-0.15, -0.1) is 0 Å². The van der Waals surface area contributed by atoms with Crippen LogP contribution in [0.4, 0.5) is 14.5 Å². The normalized spacial score (nSPS) is 10.8. The number of halogens is 2. The van der Waals surface area contributed by atoms with Gasteiger partial charge in [-0.1, -0.05) is 13.8 Å². The van der Waals surface area contributed by atoms with E-state index in [1.807, 2.05) is 0 Å². The molecule has 17 heavy (non-hydrogen) atoms. The van der Waals surface area contributed by atoms with Crippen molar-refractivity contribution in [3.8, 4) is 11.5 Å². The van der Waals surface area contributed by atoms with Gasteiger partial charge in [0, 0.05) is 18.3 Å². The Labute approximate surface area is 99.7 Å². The average molecular weight is 245 g/mol. The number of hydrogen-bond acceptors (Lipinski definition) is 3. The molecule has 0 saturated heterocycles. The molecule has 0 bridgehead atoms. The van der Waals surface area contributed by atoms with Crippen molar-refractivity contribution < 1.29 is 18.3 Å². The minimum Gasteiger partial charge on any atom is -0.493 e. The molecule has 1 aromatic rings. The Balaban J connectivity index is 2.80. The van der Waals surface area contributed by atoms with Crippen molar-refractivity contribution in [3.63, 3.8) is 0 Å². The van der Waals surface area contributed by atoms with Crippen molar-refractivity contribution in [1.29, 1.82) is 0 Å². The smallest absolute Gasteiger partial charge is 0.387 e. The zero-order valence-corrected chi connectivity index (χ0v) is 10.2. The third kappa shape index (κ3) is 4.46. The van der Waals surface area contributed by atoms with Gasteiger partial charge in [0.1, 0.15) is 0 Å². The molecule has 0 aliphatic rings. The molecule has 1 rings (SSSR count). The maximum Gasteiger partial charge on any atom is 0.387 e. The van der Waals surface area contributed by atoms with Crippen LogP contribution in [-0.4, -0.2) is 20.3 Å². The summed E-state index contributed by atoms with van der Waals surface area (Å²) in [5.74, 6) is 0.799. The molecule has 0 radical (unpaired) electrons. The van der Waals surface area contributed by atoms with E-state index in [0.717, 1.165) is 12.2 Å². The Morgan fingerprint density at radius 1 is 1.24 bits per heavy atom. The van der Waals surface area contributed by atoms with Crippen LogP contribution in [0.5, 0.6) is 11.5 Å². The fourth-order valence-corrected chi connectivity index (χ4v) is 1.30. The molecule has 0 unspecified atom stereocenters. The van der Waals surface area contributed by atoms with Gasteiger partial charge in [0.05, 0.1) is 7.11 Å². The minimum atomic E-state index is -2.86. The van der Waals surface area contributed by atoms with E-state index in [4.69, 9.17) is 4.74 Å². The number of benzene rings is 1. The topological polar surface area (TPSA) is 30.5 Å². The van der Waals surface area contributed by atoms with Crippen LogP contribution >= 0.6 is 0 Å². The second kappa shape index (κ2) is 6.27. The van der Waals surface area contributed by atoms with Crippen LogP contribution in [0, 0.1) is 5.92 Å². The van der Waals surface area contributed by atoms with Crippen LogP contribution in [0.3, 0.4) is 0 Å². The van der Waals surface area contributed by atoms with E-state index in [0.29, 0.717) is 11.7 Å². The lowest BCUT2D eigenvalue weighted by Gasteiger charge is -2.13. The standard InChI is InChI=1S/C12H17F2NO2/c1-8(2)7-15-9-4-5-10(16-3)11(6-9)17-12(13)14/h4-6,8,12,15H,7H2,1-3H3. The molecule has 96 valence electrons. The molecular weight excluding hydrogens is 228 g/mol. The van der Waals surface area contributed by atoms with Gasteiger partial charge < -0.3 is 14.8 Å². The van der Waals surface area contributed by atoms with Crippen molar-refractivity contribution >= 4 is 5.69 Å². The van der Waals surface area contributed by atoms with Crippen LogP contribution in [-0.2, 0) is 0 Å². The predicted molar refractivity (Wildman–Crippen MR) is 63.0 cm³/mol. The average Bonchev–Trinajstić information content (AvgIpc) is 2.25. The highest BCUT2D eigenvalue weighted by Gasteiger charge is 2.11. The molecule has 0 fully saturated rings. The summed E-state index contributed by atoms with van der Waals surface area (Å²) in [6.07, 6.45) is 0. The van der Waals surface area contributed by atoms with Crippen molar-refractivity contribution in [3.05, 3.63) is 18.2 Å². The highest BCUT2D eigenvalue weighted by Crippen LogP contribution is 2.31. The highest BCUT2D eigenvalue weighted by atomic mass is 19.3. The van der Waals surface area contributed by atoms with Gasteiger partial charge in [0.15, 0.2) is 11.5 Å². The third-order valence-electron chi connectivity index (χ3n) is 2.09. The first-order valence-corrected chi connectivity index (χ1v) is 5.39. The van der Waals surface area contributed by atoms with E-state index < -0.39 is 6.61 Å². The Bertz CT molecular complexity index is 356. The van der Waals surface area contributed by atoms with Gasteiger partial charge in [-0.2, -0.15) is 8.78 Å². The van der Waals surface area contributed by atoms with Crippen LogP contribution < -0.4 is 14.8 Å². The molecule has 5 heteroatoms. The van der Waals surface area contributed by atoms with E-state index in [9.17, 15) is 8.78 Å². The summed E-state index contributed by atoms with van der Waals surface area (Å²) in [6, 6.07) is 4.87. The van der Waals surface area contributed by atoms with Gasteiger partial charge in [-0.25, -0.2) is 0 Å². The Morgan fingerprint density at radius 2 is 1.94 bits per heavy atom. The predicted octanol–water partition coefficient (Wildman–Crippen LogP) is 3.36. The molecule has 0 saturated carbocycles. The van der Waals surface area contributed by atoms with E-state index in [1.54, 1.807) is 12.1 Å². The molecular formula is C12H17F2NO2. The van der Waals surface area contributed by atoms with Crippen molar-refractivity contribution in [2.75, 3.05) is 19.0 Å². The number of ether oxygens (including phenoxy) is 2. The molecule has 0 amide bonds. The lowest BCUT2D eigenvalue weighted by molar-refractivity contribution is -0.0511. The molecule has 0 aliphatic carbocycles. The summed E-state index contributed by atoms with van der Waals surface area (Å²) in [6.45, 7) is 2.03. The van der Waals surface area contributed by atoms with Crippen LogP contribution in [0.1, 0.15) is 13.8 Å². The quantitative estimate of drug-likeness (QED) is 0.833. The van der Waals surface area contributed by atoms with E-state index in [1.165, 1.54) is 13.2 Å².